The van der Waals surface area contributed by atoms with Crippen molar-refractivity contribution in [3.05, 3.63) is 12.4 Å². The minimum atomic E-state index is -0.780. The van der Waals surface area contributed by atoms with Gasteiger partial charge in [0.05, 0.1) is 0 Å². The summed E-state index contributed by atoms with van der Waals surface area (Å²) in [4.78, 5) is 4.34. The molecule has 5 heteroatoms. The molecule has 1 saturated carbocycles. The summed E-state index contributed by atoms with van der Waals surface area (Å²) in [6, 6.07) is 0.599. The topological polar surface area (TPSA) is 46.9 Å². The van der Waals surface area contributed by atoms with Crippen molar-refractivity contribution in [2.75, 3.05) is 18.1 Å². The van der Waals surface area contributed by atoms with Crippen LogP contribution in [0.3, 0.4) is 0 Å². The number of imidazole rings is 1. The fourth-order valence-electron chi connectivity index (χ4n) is 2.28. The molecule has 1 aromatic heterocycles. The molecule has 2 atom stereocenters. The molecule has 96 valence electrons. The van der Waals surface area contributed by atoms with Crippen molar-refractivity contribution in [2.45, 2.75) is 43.9 Å². The number of nitrogens with zero attached hydrogens (tertiary/aromatic N) is 2. The van der Waals surface area contributed by atoms with E-state index in [4.69, 9.17) is 0 Å². The van der Waals surface area contributed by atoms with Gasteiger partial charge in [-0.05, 0) is 19.8 Å². The first-order valence-corrected chi connectivity index (χ1v) is 7.89. The molecule has 0 radical (unpaired) electrons. The van der Waals surface area contributed by atoms with E-state index in [0.717, 1.165) is 5.95 Å². The van der Waals surface area contributed by atoms with E-state index in [2.05, 4.69) is 14.9 Å². The lowest BCUT2D eigenvalue weighted by molar-refractivity contribution is 0.523. The molecule has 0 aliphatic heterocycles. The number of aromatic nitrogens is 2. The van der Waals surface area contributed by atoms with Gasteiger partial charge in [-0.1, -0.05) is 12.8 Å². The second kappa shape index (κ2) is 5.67. The van der Waals surface area contributed by atoms with Gasteiger partial charge in [0.1, 0.15) is 0 Å². The quantitative estimate of drug-likeness (QED) is 0.877. The zero-order chi connectivity index (χ0) is 12.3. The van der Waals surface area contributed by atoms with Gasteiger partial charge in [-0.3, -0.25) is 4.21 Å². The number of nitrogens with one attached hydrogen (secondary N) is 1. The van der Waals surface area contributed by atoms with Gasteiger partial charge in [0.25, 0.3) is 0 Å². The molecule has 1 aliphatic rings. The summed E-state index contributed by atoms with van der Waals surface area (Å²) in [6.45, 7) is 2.71. The third-order valence-electron chi connectivity index (χ3n) is 3.50. The van der Waals surface area contributed by atoms with Crippen LogP contribution in [0.5, 0.6) is 0 Å². The second-order valence-electron chi connectivity index (χ2n) is 4.79. The smallest absolute Gasteiger partial charge is 0.203 e. The lowest BCUT2D eigenvalue weighted by atomic mass is 10.2. The van der Waals surface area contributed by atoms with Crippen molar-refractivity contribution in [2.24, 2.45) is 0 Å². The van der Waals surface area contributed by atoms with Crippen molar-refractivity contribution < 1.29 is 4.21 Å². The maximum atomic E-state index is 11.3. The Balaban J connectivity index is 1.96. The monoisotopic (exact) mass is 255 g/mol. The highest BCUT2D eigenvalue weighted by atomic mass is 32.2. The van der Waals surface area contributed by atoms with Crippen LogP contribution in [0.1, 0.15) is 38.6 Å². The van der Waals surface area contributed by atoms with E-state index >= 15 is 0 Å². The summed E-state index contributed by atoms with van der Waals surface area (Å²) in [5.41, 5.74) is 0. The van der Waals surface area contributed by atoms with Crippen molar-refractivity contribution in [1.82, 2.24) is 9.55 Å². The van der Waals surface area contributed by atoms with Gasteiger partial charge in [-0.25, -0.2) is 4.98 Å². The molecule has 0 bridgehead atoms. The highest BCUT2D eigenvalue weighted by Crippen LogP contribution is 2.31. The molecule has 1 aliphatic carbocycles. The zero-order valence-corrected chi connectivity index (χ0v) is 11.4. The van der Waals surface area contributed by atoms with E-state index in [-0.39, 0.29) is 5.25 Å². The van der Waals surface area contributed by atoms with E-state index in [1.54, 1.807) is 6.26 Å². The Morgan fingerprint density at radius 3 is 2.94 bits per heavy atom. The van der Waals surface area contributed by atoms with E-state index in [0.29, 0.717) is 12.6 Å². The van der Waals surface area contributed by atoms with Crippen molar-refractivity contribution in [3.63, 3.8) is 0 Å². The number of hydrogen-bond acceptors (Lipinski definition) is 3. The van der Waals surface area contributed by atoms with E-state index < -0.39 is 10.8 Å². The van der Waals surface area contributed by atoms with Crippen LogP contribution < -0.4 is 5.32 Å². The molecule has 0 aromatic carbocycles. The van der Waals surface area contributed by atoms with Crippen LogP contribution in [0.25, 0.3) is 0 Å². The Kier molecular flexibility index (Phi) is 4.20. The summed E-state index contributed by atoms with van der Waals surface area (Å²) in [5, 5.41) is 3.47. The molecule has 17 heavy (non-hydrogen) atoms. The maximum Gasteiger partial charge on any atom is 0.203 e. The Hall–Kier alpha value is -0.840. The van der Waals surface area contributed by atoms with Gasteiger partial charge < -0.3 is 9.88 Å². The fraction of sp³-hybridized carbons (Fsp3) is 0.750. The largest absolute Gasteiger partial charge is 0.354 e. The SMILES string of the molecule is CC(CNc1nccn1C1CCCC1)S(C)=O. The average molecular weight is 255 g/mol. The summed E-state index contributed by atoms with van der Waals surface area (Å²) < 4.78 is 13.5. The predicted molar refractivity (Wildman–Crippen MR) is 71.8 cm³/mol. The Labute approximate surface area is 105 Å². The standard InChI is InChI=1S/C12H21N3OS/c1-10(17(2)16)9-14-12-13-7-8-15(12)11-5-3-4-6-11/h7-8,10-11H,3-6,9H2,1-2H3,(H,13,14). The summed E-state index contributed by atoms with van der Waals surface area (Å²) >= 11 is 0. The molecule has 1 fully saturated rings. The molecule has 0 spiro atoms. The molecule has 4 nitrogen and oxygen atoms in total. The third kappa shape index (κ3) is 3.09. The van der Waals surface area contributed by atoms with Gasteiger partial charge in [-0.2, -0.15) is 0 Å². The van der Waals surface area contributed by atoms with E-state index in [1.165, 1.54) is 25.7 Å². The van der Waals surface area contributed by atoms with E-state index in [1.807, 2.05) is 19.3 Å². The Bertz CT molecular complexity index is 385. The average Bonchev–Trinajstić information content (AvgIpc) is 2.95. The lowest BCUT2D eigenvalue weighted by Gasteiger charge is -2.17. The number of hydrogen-bond donors (Lipinski definition) is 1. The minimum absolute atomic E-state index is 0.156. The van der Waals surface area contributed by atoms with Gasteiger partial charge in [0, 0.05) is 47.3 Å². The van der Waals surface area contributed by atoms with Crippen molar-refractivity contribution >= 4 is 16.7 Å². The molecule has 1 N–H and O–H groups in total. The minimum Gasteiger partial charge on any atom is -0.354 e. The normalized spacial score (nSPS) is 20.4. The first-order valence-electron chi connectivity index (χ1n) is 6.27. The number of rotatable bonds is 5. The van der Waals surface area contributed by atoms with Crippen molar-refractivity contribution in [3.8, 4) is 0 Å². The van der Waals surface area contributed by atoms with E-state index in [9.17, 15) is 4.21 Å². The third-order valence-corrected chi connectivity index (χ3v) is 4.80. The molecule has 1 heterocycles. The van der Waals surface area contributed by atoms with Gasteiger partial charge in [0.2, 0.25) is 5.95 Å². The van der Waals surface area contributed by atoms with Crippen LogP contribution in [-0.4, -0.2) is 31.8 Å². The van der Waals surface area contributed by atoms with Gasteiger partial charge in [-0.15, -0.1) is 0 Å². The predicted octanol–water partition coefficient (Wildman–Crippen LogP) is 2.18. The Morgan fingerprint density at radius 2 is 2.29 bits per heavy atom. The molecule has 2 rings (SSSR count). The van der Waals surface area contributed by atoms with Crippen LogP contribution in [0.2, 0.25) is 0 Å². The molecular formula is C12H21N3OS. The van der Waals surface area contributed by atoms with Crippen molar-refractivity contribution in [1.29, 1.82) is 0 Å². The highest BCUT2D eigenvalue weighted by molar-refractivity contribution is 7.84. The van der Waals surface area contributed by atoms with Gasteiger partial charge >= 0.3 is 0 Å². The second-order valence-corrected chi connectivity index (χ2v) is 6.59. The maximum absolute atomic E-state index is 11.3. The molecular weight excluding hydrogens is 234 g/mol. The van der Waals surface area contributed by atoms with Crippen LogP contribution >= 0.6 is 0 Å². The van der Waals surface area contributed by atoms with Crippen LogP contribution in [0, 0.1) is 0 Å². The molecule has 1 aromatic rings. The molecule has 2 unspecified atom stereocenters. The Morgan fingerprint density at radius 1 is 1.59 bits per heavy atom. The van der Waals surface area contributed by atoms with Crippen LogP contribution in [0.4, 0.5) is 5.95 Å². The molecule has 0 saturated heterocycles. The first-order chi connectivity index (χ1) is 8.18. The summed E-state index contributed by atoms with van der Waals surface area (Å²) in [5.74, 6) is 0.925. The molecule has 0 amide bonds. The lowest BCUT2D eigenvalue weighted by Crippen LogP contribution is -2.22. The van der Waals surface area contributed by atoms with Gasteiger partial charge in [0.15, 0.2) is 0 Å². The summed E-state index contributed by atoms with van der Waals surface area (Å²) in [7, 11) is -0.780. The zero-order valence-electron chi connectivity index (χ0n) is 10.6. The fourth-order valence-corrected chi connectivity index (χ4v) is 2.60. The van der Waals surface area contributed by atoms with Crippen LogP contribution in [-0.2, 0) is 10.8 Å². The first kappa shape index (κ1) is 12.6. The highest BCUT2D eigenvalue weighted by Gasteiger charge is 2.19. The van der Waals surface area contributed by atoms with Crippen LogP contribution in [0.15, 0.2) is 12.4 Å². The summed E-state index contributed by atoms with van der Waals surface area (Å²) in [6.07, 6.45) is 10.8. The number of anilines is 1.